The lowest BCUT2D eigenvalue weighted by Gasteiger charge is -2.11. The van der Waals surface area contributed by atoms with Crippen LogP contribution in [0, 0.1) is 0 Å². The standard InChI is InChI=1S/C15H15N3OS/c19-14(11-6-5-9-2-1-7-16-12(9)11)18-15-13(10-3-4-10)17-8-20-15/h1-2,7-8,10-11H,3-6H2,(H,18,19). The first-order valence-corrected chi connectivity index (χ1v) is 7.89. The number of hydrogen-bond donors (Lipinski definition) is 1. The van der Waals surface area contributed by atoms with Crippen LogP contribution in [0.5, 0.6) is 0 Å². The summed E-state index contributed by atoms with van der Waals surface area (Å²) in [6, 6.07) is 4.01. The average molecular weight is 285 g/mol. The van der Waals surface area contributed by atoms with Gasteiger partial charge < -0.3 is 5.32 Å². The molecule has 0 spiro atoms. The van der Waals surface area contributed by atoms with Crippen molar-refractivity contribution in [3.8, 4) is 0 Å². The zero-order chi connectivity index (χ0) is 13.5. The lowest BCUT2D eigenvalue weighted by Crippen LogP contribution is -2.20. The van der Waals surface area contributed by atoms with Crippen molar-refractivity contribution in [2.45, 2.75) is 37.5 Å². The summed E-state index contributed by atoms with van der Waals surface area (Å²) in [6.07, 6.45) is 5.96. The summed E-state index contributed by atoms with van der Waals surface area (Å²) >= 11 is 1.52. The van der Waals surface area contributed by atoms with Gasteiger partial charge in [-0.1, -0.05) is 6.07 Å². The number of aryl methyl sites for hydroxylation is 1. The number of carbonyl (C=O) groups excluding carboxylic acids is 1. The van der Waals surface area contributed by atoms with Crippen molar-refractivity contribution >= 4 is 22.2 Å². The molecule has 1 amide bonds. The fraction of sp³-hybridized carbons (Fsp3) is 0.400. The predicted octanol–water partition coefficient (Wildman–Crippen LogP) is 3.08. The van der Waals surface area contributed by atoms with Gasteiger partial charge in [0.1, 0.15) is 5.00 Å². The van der Waals surface area contributed by atoms with Gasteiger partial charge in [0.15, 0.2) is 0 Å². The number of nitrogens with one attached hydrogen (secondary N) is 1. The normalized spacial score (nSPS) is 20.7. The topological polar surface area (TPSA) is 54.9 Å². The van der Waals surface area contributed by atoms with E-state index in [9.17, 15) is 4.79 Å². The minimum atomic E-state index is -0.111. The molecule has 2 aliphatic carbocycles. The van der Waals surface area contributed by atoms with Crippen LogP contribution < -0.4 is 5.32 Å². The maximum Gasteiger partial charge on any atom is 0.234 e. The fourth-order valence-electron chi connectivity index (χ4n) is 2.86. The summed E-state index contributed by atoms with van der Waals surface area (Å²) in [7, 11) is 0. The minimum absolute atomic E-state index is 0.0635. The van der Waals surface area contributed by atoms with Crippen molar-refractivity contribution < 1.29 is 4.79 Å². The molecular weight excluding hydrogens is 270 g/mol. The number of thiazole rings is 1. The Hall–Kier alpha value is -1.75. The van der Waals surface area contributed by atoms with E-state index in [1.54, 1.807) is 6.20 Å². The average Bonchev–Trinajstić information content (AvgIpc) is 3.05. The molecule has 1 N–H and O–H groups in total. The summed E-state index contributed by atoms with van der Waals surface area (Å²) in [5, 5.41) is 4.00. The van der Waals surface area contributed by atoms with E-state index in [1.165, 1.54) is 29.7 Å². The number of carbonyl (C=O) groups is 1. The van der Waals surface area contributed by atoms with Gasteiger partial charge in [0.2, 0.25) is 5.91 Å². The van der Waals surface area contributed by atoms with Crippen LogP contribution in [0.4, 0.5) is 5.00 Å². The van der Waals surface area contributed by atoms with Gasteiger partial charge in [-0.2, -0.15) is 0 Å². The van der Waals surface area contributed by atoms with Crippen LogP contribution in [0.1, 0.15) is 48.0 Å². The van der Waals surface area contributed by atoms with Crippen LogP contribution in [0.25, 0.3) is 0 Å². The summed E-state index contributed by atoms with van der Waals surface area (Å²) in [5.74, 6) is 0.513. The molecule has 2 aromatic heterocycles. The second-order valence-electron chi connectivity index (χ2n) is 5.47. The highest BCUT2D eigenvalue weighted by Crippen LogP contribution is 2.44. The van der Waals surface area contributed by atoms with Gasteiger partial charge in [-0.3, -0.25) is 9.78 Å². The van der Waals surface area contributed by atoms with E-state index in [0.717, 1.165) is 29.2 Å². The minimum Gasteiger partial charge on any atom is -0.316 e. The number of anilines is 1. The summed E-state index contributed by atoms with van der Waals surface area (Å²) in [5.41, 5.74) is 5.05. The first kappa shape index (κ1) is 12.0. The molecule has 4 rings (SSSR count). The Kier molecular flexibility index (Phi) is 2.80. The Morgan fingerprint density at radius 1 is 1.25 bits per heavy atom. The molecule has 0 aliphatic heterocycles. The molecule has 2 heterocycles. The van der Waals surface area contributed by atoms with Crippen LogP contribution in [-0.2, 0) is 11.2 Å². The van der Waals surface area contributed by atoms with Crippen LogP contribution in [0.3, 0.4) is 0 Å². The Morgan fingerprint density at radius 2 is 2.15 bits per heavy atom. The third kappa shape index (κ3) is 2.02. The van der Waals surface area contributed by atoms with Gasteiger partial charge in [-0.25, -0.2) is 4.98 Å². The van der Waals surface area contributed by atoms with E-state index in [0.29, 0.717) is 5.92 Å². The molecule has 1 saturated carbocycles. The van der Waals surface area contributed by atoms with Gasteiger partial charge in [0.05, 0.1) is 22.8 Å². The van der Waals surface area contributed by atoms with Crippen LogP contribution in [0.15, 0.2) is 23.8 Å². The van der Waals surface area contributed by atoms with Crippen LogP contribution in [-0.4, -0.2) is 15.9 Å². The predicted molar refractivity (Wildman–Crippen MR) is 78.0 cm³/mol. The highest BCUT2D eigenvalue weighted by atomic mass is 32.1. The molecule has 0 bridgehead atoms. The number of hydrogen-bond acceptors (Lipinski definition) is 4. The summed E-state index contributed by atoms with van der Waals surface area (Å²) < 4.78 is 0. The Balaban J connectivity index is 1.55. The van der Waals surface area contributed by atoms with Crippen LogP contribution >= 0.6 is 11.3 Å². The van der Waals surface area contributed by atoms with Crippen molar-refractivity contribution in [1.29, 1.82) is 0 Å². The second kappa shape index (κ2) is 4.66. The zero-order valence-corrected chi connectivity index (χ0v) is 11.8. The smallest absolute Gasteiger partial charge is 0.234 e. The number of fused-ring (bicyclic) bond motifs is 1. The Morgan fingerprint density at radius 3 is 3.00 bits per heavy atom. The fourth-order valence-corrected chi connectivity index (χ4v) is 3.63. The van der Waals surface area contributed by atoms with E-state index in [2.05, 4.69) is 21.4 Å². The maximum absolute atomic E-state index is 12.5. The van der Waals surface area contributed by atoms with Gasteiger partial charge >= 0.3 is 0 Å². The molecule has 1 fully saturated rings. The second-order valence-corrected chi connectivity index (χ2v) is 6.32. The Bertz CT molecular complexity index is 663. The van der Waals surface area contributed by atoms with Crippen molar-refractivity contribution in [2.24, 2.45) is 0 Å². The van der Waals surface area contributed by atoms with Gasteiger partial charge in [-0.15, -0.1) is 11.3 Å². The third-order valence-electron chi connectivity index (χ3n) is 4.07. The number of rotatable bonds is 3. The summed E-state index contributed by atoms with van der Waals surface area (Å²) in [4.78, 5) is 21.3. The highest BCUT2D eigenvalue weighted by molar-refractivity contribution is 7.14. The van der Waals surface area contributed by atoms with E-state index in [1.807, 2.05) is 11.6 Å². The van der Waals surface area contributed by atoms with Crippen molar-refractivity contribution in [2.75, 3.05) is 5.32 Å². The Labute approximate surface area is 121 Å². The van der Waals surface area contributed by atoms with Crippen molar-refractivity contribution in [1.82, 2.24) is 9.97 Å². The largest absolute Gasteiger partial charge is 0.316 e. The van der Waals surface area contributed by atoms with Crippen molar-refractivity contribution in [3.63, 3.8) is 0 Å². The number of amides is 1. The molecule has 4 nitrogen and oxygen atoms in total. The summed E-state index contributed by atoms with van der Waals surface area (Å²) in [6.45, 7) is 0. The van der Waals surface area contributed by atoms with E-state index in [4.69, 9.17) is 0 Å². The SMILES string of the molecule is O=C(Nc1scnc1C1CC1)C1CCc2cccnc21. The molecule has 2 aliphatic rings. The van der Waals surface area contributed by atoms with Gasteiger partial charge in [0, 0.05) is 12.1 Å². The van der Waals surface area contributed by atoms with E-state index in [-0.39, 0.29) is 11.8 Å². The van der Waals surface area contributed by atoms with Gasteiger partial charge in [-0.05, 0) is 37.3 Å². The molecule has 102 valence electrons. The lowest BCUT2D eigenvalue weighted by molar-refractivity contribution is -0.117. The molecule has 5 heteroatoms. The molecule has 0 saturated heterocycles. The molecule has 0 radical (unpaired) electrons. The van der Waals surface area contributed by atoms with E-state index < -0.39 is 0 Å². The molecule has 20 heavy (non-hydrogen) atoms. The molecular formula is C15H15N3OS. The molecule has 1 atom stereocenters. The lowest BCUT2D eigenvalue weighted by atomic mass is 10.1. The third-order valence-corrected chi connectivity index (χ3v) is 4.83. The highest BCUT2D eigenvalue weighted by Gasteiger charge is 2.33. The number of aromatic nitrogens is 2. The first-order chi connectivity index (χ1) is 9.83. The molecule has 0 aromatic carbocycles. The quantitative estimate of drug-likeness (QED) is 0.943. The molecule has 1 unspecified atom stereocenters. The number of pyridine rings is 1. The first-order valence-electron chi connectivity index (χ1n) is 7.01. The maximum atomic E-state index is 12.5. The van der Waals surface area contributed by atoms with Crippen molar-refractivity contribution in [3.05, 3.63) is 40.8 Å². The van der Waals surface area contributed by atoms with Gasteiger partial charge in [0.25, 0.3) is 0 Å². The zero-order valence-electron chi connectivity index (χ0n) is 11.0. The van der Waals surface area contributed by atoms with Crippen LogP contribution in [0.2, 0.25) is 0 Å². The van der Waals surface area contributed by atoms with E-state index >= 15 is 0 Å². The monoisotopic (exact) mass is 285 g/mol. The molecule has 2 aromatic rings. The number of nitrogens with zero attached hydrogens (tertiary/aromatic N) is 2.